The Kier molecular flexibility index (Phi) is 17.1. The van der Waals surface area contributed by atoms with Crippen molar-refractivity contribution in [1.29, 1.82) is 0 Å². The van der Waals surface area contributed by atoms with Crippen LogP contribution in [0.1, 0.15) is 61.1 Å². The van der Waals surface area contributed by atoms with Crippen LogP contribution in [0.3, 0.4) is 0 Å². The fourth-order valence-electron chi connectivity index (χ4n) is 8.18. The molecule has 1 unspecified atom stereocenters. The van der Waals surface area contributed by atoms with Gasteiger partial charge in [-0.3, -0.25) is 33.7 Å². The van der Waals surface area contributed by atoms with Crippen molar-refractivity contribution in [2.75, 3.05) is 20.2 Å². The number of rotatable bonds is 21. The molecule has 1 fully saturated rings. The predicted octanol–water partition coefficient (Wildman–Crippen LogP) is 2.42. The van der Waals surface area contributed by atoms with Gasteiger partial charge >= 0.3 is 5.97 Å². The van der Waals surface area contributed by atoms with Crippen molar-refractivity contribution >= 4 is 63.1 Å². The Morgan fingerprint density at radius 3 is 2.12 bits per heavy atom. The summed E-state index contributed by atoms with van der Waals surface area (Å²) in [4.78, 5) is 99.9. The van der Waals surface area contributed by atoms with Crippen LogP contribution in [-0.4, -0.2) is 113 Å². The van der Waals surface area contributed by atoms with Gasteiger partial charge in [0.1, 0.15) is 36.1 Å². The number of hydrogen-bond donors (Lipinski definition) is 7. The summed E-state index contributed by atoms with van der Waals surface area (Å²) >= 11 is 0. The highest BCUT2D eigenvalue weighted by molar-refractivity contribution is 6.00. The molecule has 5 aromatic rings. The van der Waals surface area contributed by atoms with Crippen LogP contribution < -0.4 is 32.3 Å². The molecular weight excluding hydrogens is 857 g/mol. The Morgan fingerprint density at radius 2 is 1.40 bits per heavy atom. The maximum atomic E-state index is 14.0. The van der Waals surface area contributed by atoms with Crippen LogP contribution in [0.2, 0.25) is 0 Å². The topological polar surface area (TPSA) is 251 Å². The number of pyridine rings is 1. The first-order chi connectivity index (χ1) is 32.2. The number of benzene rings is 4. The summed E-state index contributed by atoms with van der Waals surface area (Å²) in [7, 11) is 1.24. The maximum Gasteiger partial charge on any atom is 0.328 e. The molecule has 1 aliphatic rings. The van der Waals surface area contributed by atoms with E-state index in [0.717, 1.165) is 21.7 Å². The van der Waals surface area contributed by atoms with E-state index >= 15 is 0 Å². The molecule has 17 nitrogen and oxygen atoms in total. The number of para-hydroxylation sites is 1. The Balaban J connectivity index is 1.10. The zero-order chi connectivity index (χ0) is 48.0. The molecule has 0 spiro atoms. The number of methoxy groups -OCH3 is 1. The van der Waals surface area contributed by atoms with Crippen molar-refractivity contribution in [1.82, 2.24) is 36.5 Å². The fourth-order valence-corrected chi connectivity index (χ4v) is 8.18. The third-order valence-electron chi connectivity index (χ3n) is 12.1. The number of carbonyl (C=O) groups excluding carboxylic acids is 7. The second kappa shape index (κ2) is 23.3. The number of aliphatic hydroxyl groups is 1. The van der Waals surface area contributed by atoms with Crippen molar-refractivity contribution in [3.8, 4) is 0 Å². The van der Waals surface area contributed by atoms with Crippen LogP contribution in [0.25, 0.3) is 21.7 Å². The van der Waals surface area contributed by atoms with Crippen LogP contribution in [0, 0.1) is 5.92 Å². The lowest BCUT2D eigenvalue weighted by Gasteiger charge is -2.32. The number of nitrogens with two attached hydrogens (primary N) is 1. The first-order valence-electron chi connectivity index (χ1n) is 22.4. The van der Waals surface area contributed by atoms with Crippen LogP contribution in [0.4, 0.5) is 0 Å². The normalized spacial score (nSPS) is 16.4. The lowest BCUT2D eigenvalue weighted by molar-refractivity contribution is -0.145. The first-order valence-corrected chi connectivity index (χ1v) is 22.4. The van der Waals surface area contributed by atoms with Gasteiger partial charge in [0.2, 0.25) is 29.5 Å². The van der Waals surface area contributed by atoms with Crippen LogP contribution in [-0.2, 0) is 46.3 Å². The zero-order valence-corrected chi connectivity index (χ0v) is 37.8. The largest absolute Gasteiger partial charge is 0.467 e. The molecule has 6 amide bonds. The van der Waals surface area contributed by atoms with Gasteiger partial charge in [0.15, 0.2) is 0 Å². The molecule has 1 aliphatic heterocycles. The monoisotopic (exact) mass is 914 g/mol. The van der Waals surface area contributed by atoms with E-state index in [9.17, 15) is 38.7 Å². The smallest absolute Gasteiger partial charge is 0.328 e. The number of nitrogens with one attached hydrogen (secondary N) is 5. The van der Waals surface area contributed by atoms with E-state index in [1.165, 1.54) is 18.1 Å². The van der Waals surface area contributed by atoms with Gasteiger partial charge < -0.3 is 42.2 Å². The summed E-state index contributed by atoms with van der Waals surface area (Å²) in [5.74, 6) is -5.20. The molecule has 0 saturated carbocycles. The number of fused-ring (bicyclic) bond motifs is 2. The number of carbonyl (C=O) groups is 7. The quantitative estimate of drug-likeness (QED) is 0.0527. The molecule has 2 heterocycles. The lowest BCUT2D eigenvalue weighted by atomic mass is 9.96. The number of esters is 1. The number of likely N-dealkylation sites (tertiary alicyclic amines) is 1. The van der Waals surface area contributed by atoms with Crippen LogP contribution >= 0.6 is 0 Å². The van der Waals surface area contributed by atoms with Crippen molar-refractivity contribution in [2.24, 2.45) is 11.7 Å². The highest BCUT2D eigenvalue weighted by Gasteiger charge is 2.39. The van der Waals surface area contributed by atoms with Gasteiger partial charge in [0.25, 0.3) is 5.91 Å². The fraction of sp³-hybridized carbons (Fsp3) is 0.360. The summed E-state index contributed by atoms with van der Waals surface area (Å²) in [6.07, 6.45) is -0.353. The Bertz CT molecular complexity index is 2580. The molecule has 0 radical (unpaired) electrons. The van der Waals surface area contributed by atoms with E-state index in [1.807, 2.05) is 68.4 Å². The second-order valence-electron chi connectivity index (χ2n) is 16.8. The molecule has 67 heavy (non-hydrogen) atoms. The van der Waals surface area contributed by atoms with Crippen molar-refractivity contribution in [3.63, 3.8) is 0 Å². The van der Waals surface area contributed by atoms with E-state index in [2.05, 4.69) is 31.6 Å². The summed E-state index contributed by atoms with van der Waals surface area (Å²) in [6.45, 7) is 3.65. The third kappa shape index (κ3) is 13.2. The molecule has 1 saturated heterocycles. The van der Waals surface area contributed by atoms with E-state index in [-0.39, 0.29) is 31.0 Å². The molecule has 7 atom stereocenters. The Morgan fingerprint density at radius 1 is 0.746 bits per heavy atom. The molecule has 6 rings (SSSR count). The molecule has 8 N–H and O–H groups in total. The van der Waals surface area contributed by atoms with Gasteiger partial charge in [0.05, 0.1) is 31.6 Å². The molecule has 17 heteroatoms. The van der Waals surface area contributed by atoms with Gasteiger partial charge in [-0.2, -0.15) is 0 Å². The first kappa shape index (κ1) is 49.2. The van der Waals surface area contributed by atoms with Gasteiger partial charge in [0, 0.05) is 24.8 Å². The highest BCUT2D eigenvalue weighted by Crippen LogP contribution is 2.22. The van der Waals surface area contributed by atoms with Gasteiger partial charge in [-0.1, -0.05) is 117 Å². The average molecular weight is 915 g/mol. The molecule has 1 aromatic heterocycles. The lowest BCUT2D eigenvalue weighted by Crippen LogP contribution is -2.59. The number of aliphatic hydroxyl groups excluding tert-OH is 1. The minimum atomic E-state index is -1.46. The molecule has 4 aromatic carbocycles. The van der Waals surface area contributed by atoms with Crippen LogP contribution in [0.5, 0.6) is 0 Å². The summed E-state index contributed by atoms with van der Waals surface area (Å²) in [5.41, 5.74) is 7.52. The van der Waals surface area contributed by atoms with Crippen molar-refractivity contribution < 1.29 is 43.4 Å². The number of amides is 6. The maximum absolute atomic E-state index is 14.0. The number of hydrogen-bond acceptors (Lipinski definition) is 11. The third-order valence-corrected chi connectivity index (χ3v) is 12.1. The minimum Gasteiger partial charge on any atom is -0.467 e. The van der Waals surface area contributed by atoms with Crippen molar-refractivity contribution in [2.45, 2.75) is 88.8 Å². The Hall–Kier alpha value is -7.24. The minimum absolute atomic E-state index is 0.00105. The number of primary amides is 1. The molecule has 0 bridgehead atoms. The van der Waals surface area contributed by atoms with E-state index in [1.54, 1.807) is 48.5 Å². The Labute approximate surface area is 388 Å². The number of ether oxygens (including phenoxy) is 1. The summed E-state index contributed by atoms with van der Waals surface area (Å²) in [6, 6.07) is 27.1. The van der Waals surface area contributed by atoms with Gasteiger partial charge in [-0.05, 0) is 52.8 Å². The van der Waals surface area contributed by atoms with Gasteiger partial charge in [-0.25, -0.2) is 9.78 Å². The second-order valence-corrected chi connectivity index (χ2v) is 16.8. The van der Waals surface area contributed by atoms with Crippen molar-refractivity contribution in [3.05, 3.63) is 126 Å². The summed E-state index contributed by atoms with van der Waals surface area (Å²) < 4.78 is 5.05. The van der Waals surface area contributed by atoms with E-state index in [4.69, 9.17) is 10.5 Å². The van der Waals surface area contributed by atoms with E-state index in [0.29, 0.717) is 36.9 Å². The average Bonchev–Trinajstić information content (AvgIpc) is 3.84. The standard InChI is InChI=1S/C50H58N8O9/c1-4-30(2)44(49(65)56-40(50(66)67-3)27-32-20-21-33-15-8-9-17-35(33)25-32)57-48(64)41-19-12-24-58(41)43(60)29-52-45(61)38(26-31-13-6-5-7-14-31)54-47(63)39(28-42(51)59)55-46(62)37-23-22-34-16-10-11-18-36(34)53-37/h5-11,13-18,20-23,25,30,38-41,43-44,60H,4,12,19,24,26-29H2,1-3H3,(H2,51,59)(H,52,61)(H,54,63)(H,55,62)(H,56,65)(H,57,64)/t30-,38-,39-,40-,41-,43?,44-/m0/s1. The number of nitrogens with zero attached hydrogens (tertiary/aromatic N) is 2. The SMILES string of the molecule is CC[C@H](C)[C@H](NC(=O)[C@@H]1CCCN1C(O)CNC(=O)[C@H](Cc1ccccc1)NC(=O)[C@H](CC(N)=O)NC(=O)c1ccc2ccccc2n1)C(=O)N[C@@H](Cc1ccc2ccccc2c1)C(=O)OC. The van der Waals surface area contributed by atoms with E-state index < -0.39 is 84.3 Å². The molecular formula is C50H58N8O9. The molecule has 0 aliphatic carbocycles. The molecule has 352 valence electrons. The number of aromatic nitrogens is 1. The summed E-state index contributed by atoms with van der Waals surface area (Å²) in [5, 5.41) is 27.8. The zero-order valence-electron chi connectivity index (χ0n) is 37.8. The highest BCUT2D eigenvalue weighted by atomic mass is 16.5. The van der Waals surface area contributed by atoms with Crippen LogP contribution in [0.15, 0.2) is 109 Å². The predicted molar refractivity (Wildman–Crippen MR) is 251 cm³/mol. The van der Waals surface area contributed by atoms with Gasteiger partial charge in [-0.15, -0.1) is 0 Å².